The standard InChI is InChI=1S/C22H30N4O3S/c1-24-12-14-25(15-13-24)21-10-8-19(9-11-21)16-23-22(27)18-26(30(2,28)29)17-20-6-4-3-5-7-20/h3-11H,12-18H2,1-2H3,(H,23,27). The third kappa shape index (κ3) is 6.55. The van der Waals surface area contributed by atoms with Crippen molar-refractivity contribution < 1.29 is 13.2 Å². The first-order chi connectivity index (χ1) is 14.3. The van der Waals surface area contributed by atoms with Gasteiger partial charge in [0.05, 0.1) is 12.8 Å². The summed E-state index contributed by atoms with van der Waals surface area (Å²) < 4.78 is 25.4. The van der Waals surface area contributed by atoms with Crippen molar-refractivity contribution in [3.63, 3.8) is 0 Å². The average molecular weight is 431 g/mol. The lowest BCUT2D eigenvalue weighted by Crippen LogP contribution is -2.44. The minimum Gasteiger partial charge on any atom is -0.369 e. The van der Waals surface area contributed by atoms with Gasteiger partial charge in [-0.05, 0) is 30.3 Å². The highest BCUT2D eigenvalue weighted by Gasteiger charge is 2.20. The number of benzene rings is 2. The maximum Gasteiger partial charge on any atom is 0.235 e. The van der Waals surface area contributed by atoms with E-state index in [1.54, 1.807) is 0 Å². The Hall–Kier alpha value is -2.42. The number of nitrogens with zero attached hydrogens (tertiary/aromatic N) is 3. The number of piperazine rings is 1. The molecule has 8 heteroatoms. The quantitative estimate of drug-likeness (QED) is 0.687. The van der Waals surface area contributed by atoms with Crippen molar-refractivity contribution in [1.29, 1.82) is 0 Å². The summed E-state index contributed by atoms with van der Waals surface area (Å²) in [6, 6.07) is 17.4. The number of carbonyl (C=O) groups excluding carboxylic acids is 1. The Morgan fingerprint density at radius 1 is 0.967 bits per heavy atom. The summed E-state index contributed by atoms with van der Waals surface area (Å²) in [6.45, 7) is 4.46. The predicted molar refractivity (Wildman–Crippen MR) is 120 cm³/mol. The van der Waals surface area contributed by atoms with Crippen molar-refractivity contribution in [2.24, 2.45) is 0 Å². The summed E-state index contributed by atoms with van der Waals surface area (Å²) in [6.07, 6.45) is 1.13. The Labute approximate surface area is 179 Å². The molecule has 30 heavy (non-hydrogen) atoms. The molecule has 1 saturated heterocycles. The van der Waals surface area contributed by atoms with E-state index in [1.807, 2.05) is 42.5 Å². The normalized spacial score (nSPS) is 15.4. The first-order valence-electron chi connectivity index (χ1n) is 10.1. The molecule has 1 aliphatic rings. The highest BCUT2D eigenvalue weighted by Crippen LogP contribution is 2.17. The van der Waals surface area contributed by atoms with Gasteiger partial charge in [-0.3, -0.25) is 4.79 Å². The van der Waals surface area contributed by atoms with Crippen LogP contribution in [0.15, 0.2) is 54.6 Å². The summed E-state index contributed by atoms with van der Waals surface area (Å²) >= 11 is 0. The maximum absolute atomic E-state index is 12.4. The molecule has 1 amide bonds. The molecule has 2 aromatic rings. The third-order valence-corrected chi connectivity index (χ3v) is 6.48. The molecule has 0 saturated carbocycles. The fraction of sp³-hybridized carbons (Fsp3) is 0.409. The Morgan fingerprint density at radius 2 is 1.60 bits per heavy atom. The minimum absolute atomic E-state index is 0.173. The van der Waals surface area contributed by atoms with Crippen molar-refractivity contribution in [1.82, 2.24) is 14.5 Å². The van der Waals surface area contributed by atoms with Crippen LogP contribution in [0.1, 0.15) is 11.1 Å². The summed E-state index contributed by atoms with van der Waals surface area (Å²) in [5.74, 6) is -0.320. The second-order valence-corrected chi connectivity index (χ2v) is 9.73. The number of amides is 1. The van der Waals surface area contributed by atoms with Gasteiger partial charge in [0.2, 0.25) is 15.9 Å². The molecule has 162 valence electrons. The Balaban J connectivity index is 1.52. The molecule has 2 aromatic carbocycles. The zero-order valence-corrected chi connectivity index (χ0v) is 18.4. The first-order valence-corrected chi connectivity index (χ1v) is 11.9. The molecule has 1 fully saturated rings. The highest BCUT2D eigenvalue weighted by molar-refractivity contribution is 7.88. The molecule has 1 N–H and O–H groups in total. The van der Waals surface area contributed by atoms with E-state index >= 15 is 0 Å². The van der Waals surface area contributed by atoms with Gasteiger partial charge in [0.25, 0.3) is 0 Å². The Kier molecular flexibility index (Phi) is 7.47. The summed E-state index contributed by atoms with van der Waals surface area (Å²) in [7, 11) is -1.37. The number of hydrogen-bond donors (Lipinski definition) is 1. The lowest BCUT2D eigenvalue weighted by atomic mass is 10.1. The van der Waals surface area contributed by atoms with Gasteiger partial charge in [-0.25, -0.2) is 8.42 Å². The molecular formula is C22H30N4O3S. The van der Waals surface area contributed by atoms with E-state index in [0.717, 1.165) is 43.6 Å². The number of hydrogen-bond acceptors (Lipinski definition) is 5. The molecule has 1 aliphatic heterocycles. The van der Waals surface area contributed by atoms with Crippen LogP contribution in [0.5, 0.6) is 0 Å². The molecule has 7 nitrogen and oxygen atoms in total. The molecule has 0 spiro atoms. The van der Waals surface area contributed by atoms with E-state index in [-0.39, 0.29) is 19.0 Å². The van der Waals surface area contributed by atoms with E-state index in [2.05, 4.69) is 34.3 Å². The lowest BCUT2D eigenvalue weighted by molar-refractivity contribution is -0.121. The number of nitrogens with one attached hydrogen (secondary N) is 1. The smallest absolute Gasteiger partial charge is 0.235 e. The van der Waals surface area contributed by atoms with Gasteiger partial charge in [0.15, 0.2) is 0 Å². The molecule has 0 atom stereocenters. The van der Waals surface area contributed by atoms with E-state index in [1.165, 1.54) is 9.99 Å². The lowest BCUT2D eigenvalue weighted by Gasteiger charge is -2.34. The summed E-state index contributed by atoms with van der Waals surface area (Å²) in [5, 5.41) is 2.83. The van der Waals surface area contributed by atoms with Crippen LogP contribution < -0.4 is 10.2 Å². The highest BCUT2D eigenvalue weighted by atomic mass is 32.2. The third-order valence-electron chi connectivity index (χ3n) is 5.29. The second kappa shape index (κ2) is 10.1. The zero-order valence-electron chi connectivity index (χ0n) is 17.6. The van der Waals surface area contributed by atoms with Crippen molar-refractivity contribution in [2.45, 2.75) is 13.1 Å². The summed E-state index contributed by atoms with van der Waals surface area (Å²) in [4.78, 5) is 17.1. The van der Waals surface area contributed by atoms with Gasteiger partial charge in [-0.15, -0.1) is 0 Å². The fourth-order valence-electron chi connectivity index (χ4n) is 3.38. The Bertz CT molecular complexity index is 925. The second-order valence-electron chi connectivity index (χ2n) is 7.75. The summed E-state index contributed by atoms with van der Waals surface area (Å²) in [5.41, 5.74) is 3.01. The van der Waals surface area contributed by atoms with E-state index in [4.69, 9.17) is 0 Å². The van der Waals surface area contributed by atoms with Crippen LogP contribution in [0.25, 0.3) is 0 Å². The minimum atomic E-state index is -3.50. The molecular weight excluding hydrogens is 400 g/mol. The molecule has 3 rings (SSSR count). The molecule has 1 heterocycles. The molecule has 0 bridgehead atoms. The van der Waals surface area contributed by atoms with Gasteiger partial charge >= 0.3 is 0 Å². The number of carbonyl (C=O) groups is 1. The van der Waals surface area contributed by atoms with Gasteiger partial charge in [-0.2, -0.15) is 4.31 Å². The van der Waals surface area contributed by atoms with Crippen molar-refractivity contribution >= 4 is 21.6 Å². The van der Waals surface area contributed by atoms with Crippen molar-refractivity contribution in [3.8, 4) is 0 Å². The van der Waals surface area contributed by atoms with Gasteiger partial charge in [0, 0.05) is 45.0 Å². The maximum atomic E-state index is 12.4. The number of anilines is 1. The van der Waals surface area contributed by atoms with E-state index < -0.39 is 10.0 Å². The van der Waals surface area contributed by atoms with Crippen LogP contribution in [-0.4, -0.2) is 69.6 Å². The van der Waals surface area contributed by atoms with Crippen LogP contribution in [0, 0.1) is 0 Å². The first kappa shape index (κ1) is 22.3. The van der Waals surface area contributed by atoms with Crippen molar-refractivity contribution in [3.05, 3.63) is 65.7 Å². The number of sulfonamides is 1. The van der Waals surface area contributed by atoms with E-state index in [9.17, 15) is 13.2 Å². The molecule has 0 radical (unpaired) electrons. The largest absolute Gasteiger partial charge is 0.369 e. The van der Waals surface area contributed by atoms with Crippen LogP contribution in [0.2, 0.25) is 0 Å². The van der Waals surface area contributed by atoms with Gasteiger partial charge < -0.3 is 15.1 Å². The average Bonchev–Trinajstić information content (AvgIpc) is 2.73. The van der Waals surface area contributed by atoms with Crippen LogP contribution >= 0.6 is 0 Å². The topological polar surface area (TPSA) is 73.0 Å². The van der Waals surface area contributed by atoms with Crippen molar-refractivity contribution in [2.75, 3.05) is 50.9 Å². The van der Waals surface area contributed by atoms with Crippen LogP contribution in [0.4, 0.5) is 5.69 Å². The van der Waals surface area contributed by atoms with Crippen LogP contribution in [-0.2, 0) is 27.9 Å². The number of rotatable bonds is 8. The van der Waals surface area contributed by atoms with Crippen LogP contribution in [0.3, 0.4) is 0 Å². The predicted octanol–water partition coefficient (Wildman–Crippen LogP) is 1.52. The van der Waals surface area contributed by atoms with E-state index in [0.29, 0.717) is 6.54 Å². The molecule has 0 aromatic heterocycles. The monoisotopic (exact) mass is 430 g/mol. The van der Waals surface area contributed by atoms with Gasteiger partial charge in [-0.1, -0.05) is 42.5 Å². The fourth-order valence-corrected chi connectivity index (χ4v) is 4.12. The Morgan fingerprint density at radius 3 is 2.20 bits per heavy atom. The number of likely N-dealkylation sites (N-methyl/N-ethyl adjacent to an activating group) is 1. The SMILES string of the molecule is CN1CCN(c2ccc(CNC(=O)CN(Cc3ccccc3)S(C)(=O)=O)cc2)CC1. The van der Waals surface area contributed by atoms with Gasteiger partial charge in [0.1, 0.15) is 0 Å². The molecule has 0 aliphatic carbocycles. The molecule has 0 unspecified atom stereocenters. The zero-order chi connectivity index (χ0) is 21.6.